The van der Waals surface area contributed by atoms with E-state index in [1.54, 1.807) is 0 Å². The zero-order valence-corrected chi connectivity index (χ0v) is 11.2. The third-order valence-electron chi connectivity index (χ3n) is 2.71. The molecule has 0 atom stereocenters. The zero-order valence-electron chi connectivity index (χ0n) is 11.2. The lowest BCUT2D eigenvalue weighted by Crippen LogP contribution is -1.97. The molecule has 0 amide bonds. The molecule has 6 heteroatoms. The fourth-order valence-corrected chi connectivity index (χ4v) is 1.66. The van der Waals surface area contributed by atoms with Gasteiger partial charge in [0, 0.05) is 18.6 Å². The maximum atomic E-state index is 10.5. The fourth-order valence-electron chi connectivity index (χ4n) is 1.66. The molecule has 106 valence electrons. The van der Waals surface area contributed by atoms with Gasteiger partial charge < -0.3 is 14.4 Å². The molecule has 20 heavy (non-hydrogen) atoms. The van der Waals surface area contributed by atoms with Crippen LogP contribution in [0.3, 0.4) is 0 Å². The van der Waals surface area contributed by atoms with Crippen molar-refractivity contribution in [3.8, 4) is 11.4 Å². The van der Waals surface area contributed by atoms with Gasteiger partial charge in [0.2, 0.25) is 11.7 Å². The van der Waals surface area contributed by atoms with E-state index in [-0.39, 0.29) is 12.8 Å². The molecule has 1 N–H and O–H groups in total. The number of carboxylic acid groups (broad SMARTS) is 1. The van der Waals surface area contributed by atoms with Crippen molar-refractivity contribution in [3.05, 3.63) is 35.7 Å². The summed E-state index contributed by atoms with van der Waals surface area (Å²) in [6.45, 7) is 3.21. The van der Waals surface area contributed by atoms with Crippen molar-refractivity contribution in [2.45, 2.75) is 26.4 Å². The molecular weight excluding hydrogens is 260 g/mol. The van der Waals surface area contributed by atoms with Crippen LogP contribution in [0.25, 0.3) is 11.4 Å². The lowest BCUT2D eigenvalue weighted by Gasteiger charge is -2.01. The highest BCUT2D eigenvalue weighted by Crippen LogP contribution is 2.17. The quantitative estimate of drug-likeness (QED) is 0.835. The molecule has 0 aliphatic heterocycles. The lowest BCUT2D eigenvalue weighted by atomic mass is 10.1. The lowest BCUT2D eigenvalue weighted by molar-refractivity contribution is -0.137. The SMILES string of the molecule is CCOCc1ccc(-c2noc(CCC(=O)O)n2)cc1. The Hall–Kier alpha value is -2.21. The number of nitrogens with zero attached hydrogens (tertiary/aromatic N) is 2. The van der Waals surface area contributed by atoms with Crippen LogP contribution in [0.1, 0.15) is 24.8 Å². The second kappa shape index (κ2) is 6.81. The molecule has 0 spiro atoms. The Labute approximate surface area is 116 Å². The van der Waals surface area contributed by atoms with Gasteiger partial charge in [-0.15, -0.1) is 0 Å². The van der Waals surface area contributed by atoms with Gasteiger partial charge in [-0.1, -0.05) is 29.4 Å². The van der Waals surface area contributed by atoms with Crippen LogP contribution in [-0.2, 0) is 22.6 Å². The number of carbonyl (C=O) groups is 1. The minimum atomic E-state index is -0.884. The summed E-state index contributed by atoms with van der Waals surface area (Å²) in [6, 6.07) is 7.66. The van der Waals surface area contributed by atoms with Gasteiger partial charge in [-0.05, 0) is 12.5 Å². The zero-order chi connectivity index (χ0) is 14.4. The number of rotatable bonds is 7. The Morgan fingerprint density at radius 2 is 2.10 bits per heavy atom. The smallest absolute Gasteiger partial charge is 0.303 e. The van der Waals surface area contributed by atoms with E-state index in [1.165, 1.54) is 0 Å². The van der Waals surface area contributed by atoms with Crippen molar-refractivity contribution >= 4 is 5.97 Å². The molecule has 0 aliphatic rings. The van der Waals surface area contributed by atoms with Crippen molar-refractivity contribution in [1.29, 1.82) is 0 Å². The van der Waals surface area contributed by atoms with Gasteiger partial charge in [0.15, 0.2) is 0 Å². The first-order valence-electron chi connectivity index (χ1n) is 6.40. The number of aliphatic carboxylic acids is 1. The second-order valence-electron chi connectivity index (χ2n) is 4.24. The molecule has 1 heterocycles. The van der Waals surface area contributed by atoms with Gasteiger partial charge in [0.1, 0.15) is 0 Å². The van der Waals surface area contributed by atoms with Gasteiger partial charge in [-0.25, -0.2) is 0 Å². The number of aryl methyl sites for hydroxylation is 1. The van der Waals surface area contributed by atoms with Crippen molar-refractivity contribution in [2.24, 2.45) is 0 Å². The van der Waals surface area contributed by atoms with Gasteiger partial charge >= 0.3 is 5.97 Å². The first kappa shape index (κ1) is 14.2. The maximum absolute atomic E-state index is 10.5. The van der Waals surface area contributed by atoms with Crippen LogP contribution in [0.5, 0.6) is 0 Å². The molecule has 6 nitrogen and oxygen atoms in total. The second-order valence-corrected chi connectivity index (χ2v) is 4.24. The number of hydrogen-bond donors (Lipinski definition) is 1. The molecule has 2 rings (SSSR count). The summed E-state index contributed by atoms with van der Waals surface area (Å²) in [5.41, 5.74) is 1.90. The first-order valence-corrected chi connectivity index (χ1v) is 6.40. The van der Waals surface area contributed by atoms with E-state index in [0.717, 1.165) is 11.1 Å². The monoisotopic (exact) mass is 276 g/mol. The van der Waals surface area contributed by atoms with Gasteiger partial charge in [-0.2, -0.15) is 4.98 Å². The molecule has 0 fully saturated rings. The summed E-state index contributed by atoms with van der Waals surface area (Å²) in [5.74, 6) is -0.0841. The van der Waals surface area contributed by atoms with Crippen LogP contribution < -0.4 is 0 Å². The Balaban J connectivity index is 2.02. The van der Waals surface area contributed by atoms with Crippen LogP contribution >= 0.6 is 0 Å². The molecular formula is C14H16N2O4. The van der Waals surface area contributed by atoms with Crippen molar-refractivity contribution in [3.63, 3.8) is 0 Å². The number of carboxylic acids is 1. The molecule has 1 aromatic heterocycles. The maximum Gasteiger partial charge on any atom is 0.303 e. The van der Waals surface area contributed by atoms with E-state index < -0.39 is 5.97 Å². The average molecular weight is 276 g/mol. The summed E-state index contributed by atoms with van der Waals surface area (Å²) in [7, 11) is 0. The van der Waals surface area contributed by atoms with E-state index in [2.05, 4.69) is 10.1 Å². The van der Waals surface area contributed by atoms with E-state index >= 15 is 0 Å². The van der Waals surface area contributed by atoms with Crippen LogP contribution in [-0.4, -0.2) is 27.8 Å². The Bertz CT molecular complexity index is 563. The molecule has 0 aliphatic carbocycles. The van der Waals surface area contributed by atoms with Crippen molar-refractivity contribution in [2.75, 3.05) is 6.61 Å². The van der Waals surface area contributed by atoms with Gasteiger partial charge in [0.05, 0.1) is 13.0 Å². The van der Waals surface area contributed by atoms with Crippen LogP contribution in [0, 0.1) is 0 Å². The molecule has 0 bridgehead atoms. The standard InChI is InChI=1S/C14H16N2O4/c1-2-19-9-10-3-5-11(6-4-10)14-15-12(20-16-14)7-8-13(17)18/h3-6H,2,7-9H2,1H3,(H,17,18). The summed E-state index contributed by atoms with van der Waals surface area (Å²) in [4.78, 5) is 14.6. The Morgan fingerprint density at radius 3 is 2.75 bits per heavy atom. The predicted octanol–water partition coefficient (Wildman–Crippen LogP) is 2.29. The van der Waals surface area contributed by atoms with E-state index in [9.17, 15) is 4.79 Å². The summed E-state index contributed by atoms with van der Waals surface area (Å²) < 4.78 is 10.3. The first-order chi connectivity index (χ1) is 9.69. The highest BCUT2D eigenvalue weighted by molar-refractivity contribution is 5.66. The third-order valence-corrected chi connectivity index (χ3v) is 2.71. The van der Waals surface area contributed by atoms with E-state index in [0.29, 0.717) is 24.9 Å². The molecule has 0 saturated carbocycles. The van der Waals surface area contributed by atoms with Crippen molar-refractivity contribution in [1.82, 2.24) is 10.1 Å². The molecule has 0 radical (unpaired) electrons. The van der Waals surface area contributed by atoms with E-state index in [1.807, 2.05) is 31.2 Å². The average Bonchev–Trinajstić information content (AvgIpc) is 2.92. The van der Waals surface area contributed by atoms with Gasteiger partial charge in [-0.3, -0.25) is 4.79 Å². The predicted molar refractivity (Wildman–Crippen MR) is 71.0 cm³/mol. The number of hydrogen-bond acceptors (Lipinski definition) is 5. The largest absolute Gasteiger partial charge is 0.481 e. The highest BCUT2D eigenvalue weighted by Gasteiger charge is 2.10. The van der Waals surface area contributed by atoms with Crippen molar-refractivity contribution < 1.29 is 19.2 Å². The molecule has 0 saturated heterocycles. The van der Waals surface area contributed by atoms with Crippen LogP contribution in [0.4, 0.5) is 0 Å². The Kier molecular flexibility index (Phi) is 4.84. The normalized spacial score (nSPS) is 10.7. The van der Waals surface area contributed by atoms with Crippen LogP contribution in [0.15, 0.2) is 28.8 Å². The summed E-state index contributed by atoms with van der Waals surface area (Å²) in [5, 5.41) is 12.4. The fraction of sp³-hybridized carbons (Fsp3) is 0.357. The van der Waals surface area contributed by atoms with E-state index in [4.69, 9.17) is 14.4 Å². The van der Waals surface area contributed by atoms with Crippen LogP contribution in [0.2, 0.25) is 0 Å². The molecule has 0 unspecified atom stereocenters. The number of aromatic nitrogens is 2. The molecule has 1 aromatic carbocycles. The topological polar surface area (TPSA) is 85.5 Å². The molecule has 2 aromatic rings. The minimum absolute atomic E-state index is 0.0189. The number of ether oxygens (including phenoxy) is 1. The summed E-state index contributed by atoms with van der Waals surface area (Å²) in [6.07, 6.45) is 0.222. The third kappa shape index (κ3) is 3.89. The minimum Gasteiger partial charge on any atom is -0.481 e. The van der Waals surface area contributed by atoms with Gasteiger partial charge in [0.25, 0.3) is 0 Å². The summed E-state index contributed by atoms with van der Waals surface area (Å²) >= 11 is 0. The Morgan fingerprint density at radius 1 is 1.35 bits per heavy atom. The highest BCUT2D eigenvalue weighted by atomic mass is 16.5. The number of benzene rings is 1.